The summed E-state index contributed by atoms with van der Waals surface area (Å²) in [6.07, 6.45) is 1.01. The summed E-state index contributed by atoms with van der Waals surface area (Å²) in [5.74, 6) is -1.14. The molecule has 0 radical (unpaired) electrons. The number of anilines is 2. The van der Waals surface area contributed by atoms with Gasteiger partial charge in [-0.3, -0.25) is 4.79 Å². The highest BCUT2D eigenvalue weighted by Gasteiger charge is 2.13. The van der Waals surface area contributed by atoms with Crippen molar-refractivity contribution in [3.63, 3.8) is 0 Å². The third-order valence-corrected chi connectivity index (χ3v) is 3.47. The summed E-state index contributed by atoms with van der Waals surface area (Å²) in [5, 5.41) is 2.49. The smallest absolute Gasteiger partial charge is 0.239 e. The fourth-order valence-electron chi connectivity index (χ4n) is 1.21. The number of nitrogens with two attached hydrogens (primary N) is 1. The molecule has 17 heavy (non-hydrogen) atoms. The molecule has 0 fully saturated rings. The number of sulfone groups is 1. The molecule has 0 heterocycles. The van der Waals surface area contributed by atoms with Crippen LogP contribution in [0.25, 0.3) is 0 Å². The fraction of sp³-hybridized carbons (Fsp3) is 0.300. The number of carbonyl (C=O) groups excluding carboxylic acids is 1. The largest absolute Gasteiger partial charge is 0.398 e. The van der Waals surface area contributed by atoms with Crippen LogP contribution in [0.2, 0.25) is 0 Å². The number of carbonyl (C=O) groups is 1. The summed E-state index contributed by atoms with van der Waals surface area (Å²) in [4.78, 5) is 11.4. The normalized spacial score (nSPS) is 11.2. The van der Waals surface area contributed by atoms with Crippen LogP contribution in [0.3, 0.4) is 0 Å². The van der Waals surface area contributed by atoms with Crippen LogP contribution in [-0.4, -0.2) is 26.3 Å². The lowest BCUT2D eigenvalue weighted by Crippen LogP contribution is -2.22. The zero-order valence-corrected chi connectivity index (χ0v) is 11.9. The van der Waals surface area contributed by atoms with Crippen molar-refractivity contribution in [3.8, 4) is 0 Å². The Labute approximate surface area is 108 Å². The molecule has 1 aromatic rings. The molecule has 0 bridgehead atoms. The molecule has 0 saturated carbocycles. The van der Waals surface area contributed by atoms with Gasteiger partial charge in [0.2, 0.25) is 5.91 Å². The Balaban J connectivity index is 2.89. The Hall–Kier alpha value is -1.08. The molecule has 0 saturated heterocycles. The van der Waals surface area contributed by atoms with Crippen LogP contribution in [0, 0.1) is 6.92 Å². The van der Waals surface area contributed by atoms with Gasteiger partial charge < -0.3 is 11.1 Å². The number of nitrogens with one attached hydrogen (secondary N) is 1. The van der Waals surface area contributed by atoms with Crippen molar-refractivity contribution in [2.45, 2.75) is 6.92 Å². The summed E-state index contributed by atoms with van der Waals surface area (Å²) in [6, 6.07) is 3.34. The van der Waals surface area contributed by atoms with E-state index in [0.29, 0.717) is 15.8 Å². The van der Waals surface area contributed by atoms with E-state index < -0.39 is 21.5 Å². The van der Waals surface area contributed by atoms with E-state index in [0.717, 1.165) is 11.8 Å². The van der Waals surface area contributed by atoms with Crippen molar-refractivity contribution in [1.29, 1.82) is 0 Å². The van der Waals surface area contributed by atoms with Gasteiger partial charge >= 0.3 is 0 Å². The molecule has 5 nitrogen and oxygen atoms in total. The molecule has 1 amide bonds. The predicted molar refractivity (Wildman–Crippen MR) is 71.6 cm³/mol. The van der Waals surface area contributed by atoms with Crippen LogP contribution in [0.15, 0.2) is 16.6 Å². The topological polar surface area (TPSA) is 89.3 Å². The molecule has 1 rings (SSSR count). The van der Waals surface area contributed by atoms with Crippen molar-refractivity contribution in [2.75, 3.05) is 23.1 Å². The Morgan fingerprint density at radius 2 is 2.06 bits per heavy atom. The molecule has 94 valence electrons. The second-order valence-electron chi connectivity index (χ2n) is 3.81. The van der Waals surface area contributed by atoms with Crippen molar-refractivity contribution < 1.29 is 13.2 Å². The lowest BCUT2D eigenvalue weighted by Gasteiger charge is -2.09. The number of halogens is 1. The number of rotatable bonds is 3. The minimum absolute atomic E-state index is 0.460. The molecule has 0 spiro atoms. The molecular formula is C10H13BrN2O3S. The Morgan fingerprint density at radius 1 is 1.47 bits per heavy atom. The van der Waals surface area contributed by atoms with E-state index in [1.807, 2.05) is 6.92 Å². The molecule has 0 aliphatic carbocycles. The van der Waals surface area contributed by atoms with Crippen molar-refractivity contribution >= 4 is 43.0 Å². The third kappa shape index (κ3) is 4.35. The van der Waals surface area contributed by atoms with Gasteiger partial charge in [0.15, 0.2) is 9.84 Å². The van der Waals surface area contributed by atoms with Gasteiger partial charge in [-0.05, 0) is 40.5 Å². The number of hydrogen-bond donors (Lipinski definition) is 2. The number of benzene rings is 1. The van der Waals surface area contributed by atoms with E-state index in [1.54, 1.807) is 12.1 Å². The van der Waals surface area contributed by atoms with E-state index in [1.165, 1.54) is 0 Å². The predicted octanol–water partition coefficient (Wildman–Crippen LogP) is 1.32. The Bertz CT molecular complexity index is 555. The maximum atomic E-state index is 11.4. The second-order valence-corrected chi connectivity index (χ2v) is 6.80. The van der Waals surface area contributed by atoms with E-state index >= 15 is 0 Å². The molecule has 3 N–H and O–H groups in total. The molecule has 0 atom stereocenters. The van der Waals surface area contributed by atoms with Gasteiger partial charge in [0, 0.05) is 16.4 Å². The Kier molecular flexibility index (Phi) is 4.16. The van der Waals surface area contributed by atoms with Crippen LogP contribution < -0.4 is 11.1 Å². The first-order valence-corrected chi connectivity index (χ1v) is 7.57. The van der Waals surface area contributed by atoms with Crippen LogP contribution >= 0.6 is 15.9 Å². The monoisotopic (exact) mass is 320 g/mol. The molecule has 0 unspecified atom stereocenters. The van der Waals surface area contributed by atoms with Gasteiger partial charge in [-0.1, -0.05) is 0 Å². The van der Waals surface area contributed by atoms with Gasteiger partial charge in [0.1, 0.15) is 5.75 Å². The highest BCUT2D eigenvalue weighted by Crippen LogP contribution is 2.27. The lowest BCUT2D eigenvalue weighted by molar-refractivity contribution is -0.113. The fourth-order valence-corrected chi connectivity index (χ4v) is 2.32. The van der Waals surface area contributed by atoms with Crippen LogP contribution in [0.1, 0.15) is 5.56 Å². The van der Waals surface area contributed by atoms with E-state index in [-0.39, 0.29) is 0 Å². The number of hydrogen-bond acceptors (Lipinski definition) is 4. The maximum absolute atomic E-state index is 11.4. The first kappa shape index (κ1) is 14.0. The van der Waals surface area contributed by atoms with Crippen LogP contribution in [0.5, 0.6) is 0 Å². The van der Waals surface area contributed by atoms with Gasteiger partial charge in [-0.25, -0.2) is 8.42 Å². The summed E-state index contributed by atoms with van der Waals surface area (Å²) in [5.41, 5.74) is 7.57. The molecule has 0 aromatic heterocycles. The summed E-state index contributed by atoms with van der Waals surface area (Å²) in [7, 11) is -3.33. The molecule has 7 heteroatoms. The maximum Gasteiger partial charge on any atom is 0.239 e. The van der Waals surface area contributed by atoms with Crippen molar-refractivity contribution in [2.24, 2.45) is 0 Å². The lowest BCUT2D eigenvalue weighted by atomic mass is 10.2. The number of nitrogen functional groups attached to an aromatic ring is 1. The molecular weight excluding hydrogens is 308 g/mol. The summed E-state index contributed by atoms with van der Waals surface area (Å²) < 4.78 is 22.5. The molecule has 1 aromatic carbocycles. The van der Waals surface area contributed by atoms with E-state index in [4.69, 9.17) is 5.73 Å². The average molecular weight is 321 g/mol. The van der Waals surface area contributed by atoms with Gasteiger partial charge in [-0.2, -0.15) is 0 Å². The van der Waals surface area contributed by atoms with Crippen molar-refractivity contribution in [3.05, 3.63) is 22.2 Å². The average Bonchev–Trinajstić information content (AvgIpc) is 2.11. The summed E-state index contributed by atoms with van der Waals surface area (Å²) in [6.45, 7) is 1.84. The zero-order chi connectivity index (χ0) is 13.2. The minimum Gasteiger partial charge on any atom is -0.398 e. The van der Waals surface area contributed by atoms with Crippen LogP contribution in [0.4, 0.5) is 11.4 Å². The highest BCUT2D eigenvalue weighted by molar-refractivity contribution is 9.10. The van der Waals surface area contributed by atoms with Gasteiger partial charge in [0.05, 0.1) is 5.69 Å². The summed E-state index contributed by atoms with van der Waals surface area (Å²) >= 11 is 3.27. The van der Waals surface area contributed by atoms with Crippen LogP contribution in [-0.2, 0) is 14.6 Å². The SMILES string of the molecule is Cc1cc(Br)c(NC(=O)CS(C)(=O)=O)cc1N. The highest BCUT2D eigenvalue weighted by atomic mass is 79.9. The standard InChI is InChI=1S/C10H13BrN2O3S/c1-6-3-7(11)9(4-8(6)12)13-10(14)5-17(2,15)16/h3-4H,5,12H2,1-2H3,(H,13,14). The number of amides is 1. The first-order valence-electron chi connectivity index (χ1n) is 4.72. The van der Waals surface area contributed by atoms with E-state index in [9.17, 15) is 13.2 Å². The quantitative estimate of drug-likeness (QED) is 0.822. The van der Waals surface area contributed by atoms with Gasteiger partial charge in [-0.15, -0.1) is 0 Å². The molecule has 0 aliphatic rings. The second kappa shape index (κ2) is 5.05. The van der Waals surface area contributed by atoms with Crippen molar-refractivity contribution in [1.82, 2.24) is 0 Å². The molecule has 0 aliphatic heterocycles. The number of aryl methyl sites for hydroxylation is 1. The zero-order valence-electron chi connectivity index (χ0n) is 9.45. The third-order valence-electron chi connectivity index (χ3n) is 2.02. The Morgan fingerprint density at radius 3 is 2.59 bits per heavy atom. The first-order chi connectivity index (χ1) is 7.69. The minimum atomic E-state index is -3.33. The van der Waals surface area contributed by atoms with Gasteiger partial charge in [0.25, 0.3) is 0 Å². The van der Waals surface area contributed by atoms with E-state index in [2.05, 4.69) is 21.2 Å².